The van der Waals surface area contributed by atoms with E-state index in [0.717, 1.165) is 73.1 Å². The van der Waals surface area contributed by atoms with Gasteiger partial charge in [0.15, 0.2) is 0 Å². The van der Waals surface area contributed by atoms with Crippen LogP contribution in [0.5, 0.6) is 5.75 Å². The topological polar surface area (TPSA) is 79.3 Å². The molecule has 0 atom stereocenters. The molecule has 3 aliphatic heterocycles. The van der Waals surface area contributed by atoms with Crippen molar-refractivity contribution in [1.29, 1.82) is 0 Å². The fraction of sp³-hybridized carbons (Fsp3) is 0.414. The predicted octanol–water partition coefficient (Wildman–Crippen LogP) is 2.48. The number of rotatable bonds is 5. The Bertz CT molecular complexity index is 1380. The molecule has 198 valence electrons. The number of nitrogens with zero attached hydrogens (tertiary/aromatic N) is 7. The third-order valence-electron chi connectivity index (χ3n) is 8.14. The van der Waals surface area contributed by atoms with Crippen LogP contribution in [0, 0.1) is 0 Å². The van der Waals surface area contributed by atoms with Gasteiger partial charge in [0.2, 0.25) is 11.9 Å². The number of hydrogen-bond donors (Lipinski definition) is 1. The maximum Gasteiger partial charge on any atom is 0.246 e. The van der Waals surface area contributed by atoms with Gasteiger partial charge in [0, 0.05) is 74.6 Å². The van der Waals surface area contributed by atoms with E-state index in [1.54, 1.807) is 0 Å². The van der Waals surface area contributed by atoms with E-state index in [0.29, 0.717) is 25.7 Å². The first-order valence-corrected chi connectivity index (χ1v) is 13.4. The van der Waals surface area contributed by atoms with Gasteiger partial charge in [-0.05, 0) is 38.0 Å². The average Bonchev–Trinajstić information content (AvgIpc) is 2.90. The smallest absolute Gasteiger partial charge is 0.246 e. The van der Waals surface area contributed by atoms with E-state index in [1.165, 1.54) is 11.6 Å². The number of amides is 1. The number of piperazine rings is 1. The van der Waals surface area contributed by atoms with Crippen molar-refractivity contribution in [3.05, 3.63) is 60.3 Å². The van der Waals surface area contributed by atoms with Crippen molar-refractivity contribution >= 4 is 34.1 Å². The van der Waals surface area contributed by atoms with Crippen molar-refractivity contribution in [3.8, 4) is 5.75 Å². The van der Waals surface area contributed by atoms with Crippen LogP contribution in [0.1, 0.15) is 11.3 Å². The fourth-order valence-electron chi connectivity index (χ4n) is 5.76. The Kier molecular flexibility index (Phi) is 6.31. The summed E-state index contributed by atoms with van der Waals surface area (Å²) in [7, 11) is 4.23. The average molecular weight is 514 g/mol. The van der Waals surface area contributed by atoms with Gasteiger partial charge in [0.05, 0.1) is 12.2 Å². The minimum atomic E-state index is -0.0145. The number of aromatic hydroxyl groups is 1. The largest absolute Gasteiger partial charge is 0.508 e. The highest BCUT2D eigenvalue weighted by atomic mass is 16.3. The van der Waals surface area contributed by atoms with Crippen molar-refractivity contribution in [2.24, 2.45) is 0 Å². The van der Waals surface area contributed by atoms with Crippen molar-refractivity contribution in [2.45, 2.75) is 19.0 Å². The number of carbonyl (C=O) groups is 1. The van der Waals surface area contributed by atoms with Gasteiger partial charge < -0.3 is 29.6 Å². The molecule has 1 N–H and O–H groups in total. The Hall–Kier alpha value is -3.85. The van der Waals surface area contributed by atoms with Crippen LogP contribution >= 0.6 is 0 Å². The van der Waals surface area contributed by atoms with Gasteiger partial charge >= 0.3 is 0 Å². The predicted molar refractivity (Wildman–Crippen MR) is 151 cm³/mol. The molecule has 3 aromatic rings. The summed E-state index contributed by atoms with van der Waals surface area (Å²) in [6.07, 6.45) is 2.21. The van der Waals surface area contributed by atoms with E-state index in [2.05, 4.69) is 46.3 Å². The van der Waals surface area contributed by atoms with Crippen LogP contribution in [0.2, 0.25) is 0 Å². The third kappa shape index (κ3) is 4.41. The van der Waals surface area contributed by atoms with Crippen LogP contribution < -0.4 is 14.7 Å². The second-order valence-electron chi connectivity index (χ2n) is 10.7. The maximum absolute atomic E-state index is 12.1. The highest BCUT2D eigenvalue weighted by molar-refractivity contribution is 5.95. The van der Waals surface area contributed by atoms with E-state index in [-0.39, 0.29) is 11.7 Å². The molecular weight excluding hydrogens is 478 g/mol. The number of benzene rings is 2. The molecule has 0 aliphatic carbocycles. The molecule has 1 amide bonds. The minimum Gasteiger partial charge on any atom is -0.508 e. The second kappa shape index (κ2) is 9.79. The number of anilines is 3. The first-order valence-electron chi connectivity index (χ1n) is 13.4. The van der Waals surface area contributed by atoms with Crippen LogP contribution in [-0.4, -0.2) is 96.7 Å². The van der Waals surface area contributed by atoms with Crippen molar-refractivity contribution in [2.75, 3.05) is 74.6 Å². The van der Waals surface area contributed by atoms with E-state index in [4.69, 9.17) is 9.97 Å². The molecule has 0 radical (unpaired) electrons. The first-order chi connectivity index (χ1) is 18.4. The summed E-state index contributed by atoms with van der Waals surface area (Å²) in [5, 5.41) is 12.6. The lowest BCUT2D eigenvalue weighted by atomic mass is 10.0. The molecule has 0 spiro atoms. The molecule has 0 bridgehead atoms. The van der Waals surface area contributed by atoms with Gasteiger partial charge in [0.25, 0.3) is 0 Å². The summed E-state index contributed by atoms with van der Waals surface area (Å²) >= 11 is 0. The van der Waals surface area contributed by atoms with Crippen LogP contribution in [0.15, 0.2) is 49.1 Å². The number of fused-ring (bicyclic) bond motifs is 2. The van der Waals surface area contributed by atoms with Crippen LogP contribution in [0.3, 0.4) is 0 Å². The van der Waals surface area contributed by atoms with Crippen molar-refractivity contribution in [3.63, 3.8) is 0 Å². The fourth-order valence-corrected chi connectivity index (χ4v) is 5.76. The number of likely N-dealkylation sites (N-methyl/N-ethyl adjacent to an activating group) is 1. The standard InChI is InChI=1S/C29H35N7O2/c1-4-27(38)33-11-13-34(14-12-33)28-24-9-10-35(26-16-22(37)15-20-7-5-6-8-23(20)26)19-25(24)30-29(31-28)36-17-21(18-36)32(2)3/h4-8,15-16,21,37H,1,9-14,17-19H2,2-3H3. The number of aromatic nitrogens is 2. The summed E-state index contributed by atoms with van der Waals surface area (Å²) in [6.45, 7) is 9.73. The van der Waals surface area contributed by atoms with E-state index in [1.807, 2.05) is 35.2 Å². The molecule has 2 saturated heterocycles. The van der Waals surface area contributed by atoms with Gasteiger partial charge in [-0.1, -0.05) is 30.8 Å². The van der Waals surface area contributed by atoms with Gasteiger partial charge in [0.1, 0.15) is 11.6 Å². The monoisotopic (exact) mass is 513 g/mol. The minimum absolute atomic E-state index is 0.0145. The lowest BCUT2D eigenvalue weighted by molar-refractivity contribution is -0.126. The van der Waals surface area contributed by atoms with E-state index < -0.39 is 0 Å². The maximum atomic E-state index is 12.1. The molecular formula is C29H35N7O2. The Labute approximate surface area is 223 Å². The van der Waals surface area contributed by atoms with Crippen LogP contribution in [-0.2, 0) is 17.8 Å². The molecule has 38 heavy (non-hydrogen) atoms. The molecule has 9 heteroatoms. The van der Waals surface area contributed by atoms with Gasteiger partial charge in [-0.15, -0.1) is 0 Å². The summed E-state index contributed by atoms with van der Waals surface area (Å²) in [5.41, 5.74) is 3.27. The molecule has 0 saturated carbocycles. The Morgan fingerprint density at radius 3 is 2.53 bits per heavy atom. The number of phenolic OH excluding ortho intramolecular Hbond substituents is 1. The summed E-state index contributed by atoms with van der Waals surface area (Å²) in [4.78, 5) is 33.4. The SMILES string of the molecule is C=CC(=O)N1CCN(c2nc(N3CC(N(C)C)C3)nc3c2CCN(c2cc(O)cc4ccccc24)C3)CC1. The van der Waals surface area contributed by atoms with Gasteiger partial charge in [-0.25, -0.2) is 4.98 Å². The van der Waals surface area contributed by atoms with Crippen molar-refractivity contribution in [1.82, 2.24) is 19.8 Å². The van der Waals surface area contributed by atoms with Crippen molar-refractivity contribution < 1.29 is 9.90 Å². The lowest BCUT2D eigenvalue weighted by Gasteiger charge is -2.44. The number of carbonyl (C=O) groups excluding carboxylic acids is 1. The zero-order valence-electron chi connectivity index (χ0n) is 22.2. The Morgan fingerprint density at radius 1 is 1.03 bits per heavy atom. The third-order valence-corrected chi connectivity index (χ3v) is 8.14. The molecule has 2 fully saturated rings. The van der Waals surface area contributed by atoms with Crippen LogP contribution in [0.25, 0.3) is 10.8 Å². The normalized spacial score (nSPS) is 18.1. The van der Waals surface area contributed by atoms with Gasteiger partial charge in [-0.3, -0.25) is 4.79 Å². The molecule has 0 unspecified atom stereocenters. The van der Waals surface area contributed by atoms with Gasteiger partial charge in [-0.2, -0.15) is 4.98 Å². The zero-order valence-corrected chi connectivity index (χ0v) is 22.2. The van der Waals surface area contributed by atoms with E-state index >= 15 is 0 Å². The summed E-state index contributed by atoms with van der Waals surface area (Å²) in [6, 6.07) is 12.4. The van der Waals surface area contributed by atoms with Crippen LogP contribution in [0.4, 0.5) is 17.5 Å². The Morgan fingerprint density at radius 2 is 1.79 bits per heavy atom. The Balaban J connectivity index is 1.34. The quantitative estimate of drug-likeness (QED) is 0.522. The van der Waals surface area contributed by atoms with E-state index in [9.17, 15) is 9.90 Å². The summed E-state index contributed by atoms with van der Waals surface area (Å²) in [5.74, 6) is 2.05. The molecule has 3 aliphatic rings. The summed E-state index contributed by atoms with van der Waals surface area (Å²) < 4.78 is 0. The first kappa shape index (κ1) is 24.5. The zero-order chi connectivity index (χ0) is 26.4. The second-order valence-corrected chi connectivity index (χ2v) is 10.7. The molecule has 9 nitrogen and oxygen atoms in total. The molecule has 6 rings (SSSR count). The molecule has 4 heterocycles. The number of phenols is 1. The number of hydrogen-bond acceptors (Lipinski definition) is 8. The lowest BCUT2D eigenvalue weighted by Crippen LogP contribution is -2.58. The molecule has 2 aromatic carbocycles. The molecule has 1 aromatic heterocycles. The highest BCUT2D eigenvalue weighted by Gasteiger charge is 2.34. The highest BCUT2D eigenvalue weighted by Crippen LogP contribution is 2.37.